The molecule has 1 amide bonds. The Morgan fingerprint density at radius 3 is 2.50 bits per heavy atom. The van der Waals surface area contributed by atoms with E-state index in [1.54, 1.807) is 6.92 Å². The van der Waals surface area contributed by atoms with E-state index < -0.39 is 35.5 Å². The number of nitrogens with zero attached hydrogens (tertiary/aromatic N) is 2. The number of carbonyl (C=O) groups excluding carboxylic acids is 1. The molecule has 0 saturated heterocycles. The van der Waals surface area contributed by atoms with E-state index in [-0.39, 0.29) is 13.0 Å². The predicted molar refractivity (Wildman–Crippen MR) is 56.4 cm³/mol. The summed E-state index contributed by atoms with van der Waals surface area (Å²) in [5.41, 5.74) is 0. The average Bonchev–Trinajstić information content (AvgIpc) is 3.01. The van der Waals surface area contributed by atoms with E-state index in [4.69, 9.17) is 0 Å². The highest BCUT2D eigenvalue weighted by Crippen LogP contribution is 2.35. The summed E-state index contributed by atoms with van der Waals surface area (Å²) in [6.07, 6.45) is -3.31. The number of rotatable bonds is 6. The lowest BCUT2D eigenvalue weighted by atomic mass is 10.2. The highest BCUT2D eigenvalue weighted by molar-refractivity contribution is 5.82. The van der Waals surface area contributed by atoms with Crippen LogP contribution in [-0.4, -0.2) is 41.0 Å². The predicted octanol–water partition coefficient (Wildman–Crippen LogP) is 1.84. The van der Waals surface area contributed by atoms with Crippen LogP contribution in [0.2, 0.25) is 0 Å². The standard InChI is InChI=1S/C10H15F3N2O3/c1-2-3-4-14(6-10(11,12)13)9(16)7-5-8(7)15(17)18/h7-8H,2-6H2,1H3. The van der Waals surface area contributed by atoms with Crippen molar-refractivity contribution < 1.29 is 22.9 Å². The molecule has 0 aliphatic heterocycles. The third-order valence-electron chi connectivity index (χ3n) is 2.81. The molecule has 8 heteroatoms. The zero-order chi connectivity index (χ0) is 13.9. The molecule has 1 aliphatic carbocycles. The van der Waals surface area contributed by atoms with Crippen LogP contribution in [0.4, 0.5) is 13.2 Å². The van der Waals surface area contributed by atoms with Crippen LogP contribution in [0, 0.1) is 16.0 Å². The van der Waals surface area contributed by atoms with E-state index >= 15 is 0 Å². The van der Waals surface area contributed by atoms with Gasteiger partial charge in [-0.25, -0.2) is 0 Å². The smallest absolute Gasteiger partial charge is 0.333 e. The highest BCUT2D eigenvalue weighted by atomic mass is 19.4. The second-order valence-corrected chi connectivity index (χ2v) is 4.42. The molecule has 0 spiro atoms. The summed E-state index contributed by atoms with van der Waals surface area (Å²) in [6, 6.07) is -1.00. The van der Waals surface area contributed by atoms with Gasteiger partial charge in [0.25, 0.3) is 0 Å². The van der Waals surface area contributed by atoms with E-state index in [9.17, 15) is 28.1 Å². The summed E-state index contributed by atoms with van der Waals surface area (Å²) < 4.78 is 36.9. The molecule has 0 heterocycles. The fourth-order valence-corrected chi connectivity index (χ4v) is 1.75. The van der Waals surface area contributed by atoms with E-state index in [1.165, 1.54) is 0 Å². The molecule has 5 nitrogen and oxygen atoms in total. The molecular formula is C10H15F3N2O3. The Morgan fingerprint density at radius 1 is 1.50 bits per heavy atom. The van der Waals surface area contributed by atoms with Crippen LogP contribution in [0.5, 0.6) is 0 Å². The number of halogens is 3. The lowest BCUT2D eigenvalue weighted by molar-refractivity contribution is -0.497. The van der Waals surface area contributed by atoms with Crippen molar-refractivity contribution in [3.63, 3.8) is 0 Å². The molecule has 0 N–H and O–H groups in total. The first-order valence-corrected chi connectivity index (χ1v) is 5.75. The average molecular weight is 268 g/mol. The Morgan fingerprint density at radius 2 is 2.11 bits per heavy atom. The van der Waals surface area contributed by atoms with Crippen LogP contribution in [0.15, 0.2) is 0 Å². The number of carbonyl (C=O) groups is 1. The Hall–Kier alpha value is -1.34. The third kappa shape index (κ3) is 4.15. The quantitative estimate of drug-likeness (QED) is 0.545. The number of amides is 1. The normalized spacial score (nSPS) is 22.7. The summed E-state index contributed by atoms with van der Waals surface area (Å²) >= 11 is 0. The zero-order valence-electron chi connectivity index (χ0n) is 9.94. The molecular weight excluding hydrogens is 253 g/mol. The minimum absolute atomic E-state index is 0.00419. The van der Waals surface area contributed by atoms with Gasteiger partial charge in [-0.2, -0.15) is 13.2 Å². The molecule has 0 bridgehead atoms. The molecule has 1 rings (SSSR count). The molecule has 0 aromatic rings. The molecule has 1 saturated carbocycles. The second-order valence-electron chi connectivity index (χ2n) is 4.42. The van der Waals surface area contributed by atoms with Gasteiger partial charge < -0.3 is 4.90 Å². The molecule has 1 aliphatic rings. The number of alkyl halides is 3. The minimum Gasteiger partial charge on any atom is -0.333 e. The van der Waals surface area contributed by atoms with Gasteiger partial charge in [0.05, 0.1) is 0 Å². The van der Waals surface area contributed by atoms with Crippen LogP contribution < -0.4 is 0 Å². The Bertz CT molecular complexity index is 333. The van der Waals surface area contributed by atoms with Crippen LogP contribution in [-0.2, 0) is 4.79 Å². The van der Waals surface area contributed by atoms with Crippen molar-refractivity contribution in [3.8, 4) is 0 Å². The molecule has 104 valence electrons. The van der Waals surface area contributed by atoms with Gasteiger partial charge in [0.2, 0.25) is 11.9 Å². The van der Waals surface area contributed by atoms with Gasteiger partial charge in [-0.15, -0.1) is 0 Å². The van der Waals surface area contributed by atoms with Gasteiger partial charge in [-0.1, -0.05) is 13.3 Å². The summed E-state index contributed by atoms with van der Waals surface area (Å²) in [4.78, 5) is 22.2. The SMILES string of the molecule is CCCCN(CC(F)(F)F)C(=O)C1CC1[N+](=O)[O-]. The maximum absolute atomic E-state index is 12.3. The summed E-state index contributed by atoms with van der Waals surface area (Å²) in [7, 11) is 0. The van der Waals surface area contributed by atoms with Crippen LogP contribution >= 0.6 is 0 Å². The third-order valence-corrected chi connectivity index (χ3v) is 2.81. The summed E-state index contributed by atoms with van der Waals surface area (Å²) in [6.45, 7) is 0.468. The lowest BCUT2D eigenvalue weighted by Gasteiger charge is -2.23. The fourth-order valence-electron chi connectivity index (χ4n) is 1.75. The van der Waals surface area contributed by atoms with Crippen molar-refractivity contribution in [2.75, 3.05) is 13.1 Å². The van der Waals surface area contributed by atoms with E-state index in [2.05, 4.69) is 0 Å². The van der Waals surface area contributed by atoms with Crippen LogP contribution in [0.1, 0.15) is 26.2 Å². The molecule has 2 unspecified atom stereocenters. The Labute approximate surface area is 102 Å². The van der Waals surface area contributed by atoms with Gasteiger partial charge in [0, 0.05) is 17.9 Å². The molecule has 18 heavy (non-hydrogen) atoms. The lowest BCUT2D eigenvalue weighted by Crippen LogP contribution is -2.41. The van der Waals surface area contributed by atoms with Crippen molar-refractivity contribution in [3.05, 3.63) is 10.1 Å². The number of hydrogen-bond donors (Lipinski definition) is 0. The first-order chi connectivity index (χ1) is 8.26. The summed E-state index contributed by atoms with van der Waals surface area (Å²) in [5.74, 6) is -1.62. The first kappa shape index (κ1) is 14.7. The number of hydrogen-bond acceptors (Lipinski definition) is 3. The van der Waals surface area contributed by atoms with E-state index in [0.717, 1.165) is 0 Å². The van der Waals surface area contributed by atoms with Crippen LogP contribution in [0.3, 0.4) is 0 Å². The van der Waals surface area contributed by atoms with E-state index in [0.29, 0.717) is 17.7 Å². The van der Waals surface area contributed by atoms with Crippen molar-refractivity contribution in [2.24, 2.45) is 5.92 Å². The topological polar surface area (TPSA) is 63.5 Å². The number of nitro groups is 1. The first-order valence-electron chi connectivity index (χ1n) is 5.75. The van der Waals surface area contributed by atoms with Gasteiger partial charge in [0.15, 0.2) is 0 Å². The Balaban J connectivity index is 2.60. The molecule has 0 aromatic heterocycles. The van der Waals surface area contributed by atoms with Gasteiger partial charge in [0.1, 0.15) is 12.5 Å². The molecule has 0 radical (unpaired) electrons. The van der Waals surface area contributed by atoms with Gasteiger partial charge in [-0.05, 0) is 6.42 Å². The highest BCUT2D eigenvalue weighted by Gasteiger charge is 2.55. The molecule has 0 aromatic carbocycles. The zero-order valence-corrected chi connectivity index (χ0v) is 9.94. The largest absolute Gasteiger partial charge is 0.406 e. The minimum atomic E-state index is -4.47. The van der Waals surface area contributed by atoms with Gasteiger partial charge in [-0.3, -0.25) is 14.9 Å². The second kappa shape index (κ2) is 5.53. The fraction of sp³-hybridized carbons (Fsp3) is 0.900. The Kier molecular flexibility index (Phi) is 4.53. The van der Waals surface area contributed by atoms with Crippen molar-refractivity contribution in [2.45, 2.75) is 38.4 Å². The maximum atomic E-state index is 12.3. The van der Waals surface area contributed by atoms with Crippen molar-refractivity contribution in [1.82, 2.24) is 4.90 Å². The summed E-state index contributed by atoms with van der Waals surface area (Å²) in [5, 5.41) is 10.4. The molecule has 2 atom stereocenters. The molecule has 1 fully saturated rings. The van der Waals surface area contributed by atoms with Crippen molar-refractivity contribution in [1.29, 1.82) is 0 Å². The van der Waals surface area contributed by atoms with Crippen molar-refractivity contribution >= 4 is 5.91 Å². The van der Waals surface area contributed by atoms with Crippen LogP contribution in [0.25, 0.3) is 0 Å². The van der Waals surface area contributed by atoms with Gasteiger partial charge >= 0.3 is 6.18 Å². The maximum Gasteiger partial charge on any atom is 0.406 e. The monoisotopic (exact) mass is 268 g/mol. The van der Waals surface area contributed by atoms with E-state index in [1.807, 2.05) is 0 Å². The number of unbranched alkanes of at least 4 members (excludes halogenated alkanes) is 1.